The normalized spacial score (nSPS) is 10.9. The van der Waals surface area contributed by atoms with Crippen LogP contribution in [0, 0.1) is 0 Å². The van der Waals surface area contributed by atoms with Crippen LogP contribution in [-0.4, -0.2) is 27.3 Å². The first-order chi connectivity index (χ1) is 13.8. The molecule has 0 aliphatic heterocycles. The lowest BCUT2D eigenvalue weighted by atomic mass is 10.1. The first-order valence-electron chi connectivity index (χ1n) is 8.64. The van der Waals surface area contributed by atoms with Crippen LogP contribution in [0.15, 0.2) is 83.8 Å². The highest BCUT2D eigenvalue weighted by molar-refractivity contribution is 7.92. The van der Waals surface area contributed by atoms with Gasteiger partial charge in [0.05, 0.1) is 10.6 Å². The number of nitrogens with zero attached hydrogens (tertiary/aromatic N) is 1. The van der Waals surface area contributed by atoms with Crippen LogP contribution in [0.1, 0.15) is 20.7 Å². The summed E-state index contributed by atoms with van der Waals surface area (Å²) in [7, 11) is -2.29. The molecule has 0 heterocycles. The third kappa shape index (κ3) is 4.44. The number of carbonyl (C=O) groups excluding carboxylic acids is 2. The molecule has 0 fully saturated rings. The number of carbonyl (C=O) groups is 2. The van der Waals surface area contributed by atoms with Crippen molar-refractivity contribution < 1.29 is 18.0 Å². The van der Waals surface area contributed by atoms with Gasteiger partial charge >= 0.3 is 0 Å². The zero-order chi connectivity index (χ0) is 21.0. The van der Waals surface area contributed by atoms with Gasteiger partial charge < -0.3 is 11.1 Å². The first kappa shape index (κ1) is 20.1. The van der Waals surface area contributed by atoms with Crippen LogP contribution in [0.5, 0.6) is 0 Å². The minimum atomic E-state index is -3.76. The van der Waals surface area contributed by atoms with Crippen LogP contribution in [0.25, 0.3) is 0 Å². The fourth-order valence-electron chi connectivity index (χ4n) is 2.67. The number of hydrogen-bond donors (Lipinski definition) is 2. The summed E-state index contributed by atoms with van der Waals surface area (Å²) >= 11 is 0. The van der Waals surface area contributed by atoms with E-state index in [1.54, 1.807) is 48.5 Å². The largest absolute Gasteiger partial charge is 0.366 e. The van der Waals surface area contributed by atoms with Crippen molar-refractivity contribution in [3.63, 3.8) is 0 Å². The van der Waals surface area contributed by atoms with Crippen molar-refractivity contribution in [1.82, 2.24) is 0 Å². The lowest BCUT2D eigenvalue weighted by Gasteiger charge is -2.19. The van der Waals surface area contributed by atoms with Crippen molar-refractivity contribution in [2.24, 2.45) is 5.73 Å². The maximum Gasteiger partial charge on any atom is 0.264 e. The smallest absolute Gasteiger partial charge is 0.264 e. The molecule has 0 aliphatic rings. The average Bonchev–Trinajstić information content (AvgIpc) is 2.74. The van der Waals surface area contributed by atoms with Gasteiger partial charge in [-0.3, -0.25) is 13.9 Å². The minimum absolute atomic E-state index is 0.0659. The zero-order valence-electron chi connectivity index (χ0n) is 15.6. The fourth-order valence-corrected chi connectivity index (χ4v) is 3.86. The number of anilines is 2. The van der Waals surface area contributed by atoms with E-state index in [9.17, 15) is 18.0 Å². The van der Waals surface area contributed by atoms with Crippen LogP contribution >= 0.6 is 0 Å². The number of nitrogens with two attached hydrogens (primary N) is 1. The number of amides is 2. The third-order valence-corrected chi connectivity index (χ3v) is 6.10. The molecular formula is C21H19N3O4S. The van der Waals surface area contributed by atoms with Gasteiger partial charge in [0.2, 0.25) is 5.91 Å². The summed E-state index contributed by atoms with van der Waals surface area (Å²) < 4.78 is 26.8. The Hall–Kier alpha value is -3.65. The van der Waals surface area contributed by atoms with Crippen LogP contribution in [0.3, 0.4) is 0 Å². The lowest BCUT2D eigenvalue weighted by Crippen LogP contribution is -2.26. The Morgan fingerprint density at radius 1 is 0.862 bits per heavy atom. The lowest BCUT2D eigenvalue weighted by molar-refractivity contribution is 0.0996. The predicted molar refractivity (Wildman–Crippen MR) is 111 cm³/mol. The number of rotatable bonds is 6. The van der Waals surface area contributed by atoms with Crippen LogP contribution in [0.4, 0.5) is 11.4 Å². The van der Waals surface area contributed by atoms with Crippen LogP contribution in [0.2, 0.25) is 0 Å². The second-order valence-electron chi connectivity index (χ2n) is 6.23. The van der Waals surface area contributed by atoms with E-state index >= 15 is 0 Å². The highest BCUT2D eigenvalue weighted by atomic mass is 32.2. The summed E-state index contributed by atoms with van der Waals surface area (Å²) in [6, 6.07) is 20.5. The van der Waals surface area contributed by atoms with E-state index in [-0.39, 0.29) is 16.0 Å². The van der Waals surface area contributed by atoms with Gasteiger partial charge in [-0.05, 0) is 54.6 Å². The van der Waals surface area contributed by atoms with Crippen molar-refractivity contribution in [3.8, 4) is 0 Å². The number of hydrogen-bond acceptors (Lipinski definition) is 4. The molecule has 3 rings (SSSR count). The summed E-state index contributed by atoms with van der Waals surface area (Å²) in [5.41, 5.74) is 6.72. The average molecular weight is 409 g/mol. The van der Waals surface area contributed by atoms with Crippen molar-refractivity contribution >= 4 is 33.2 Å². The highest BCUT2D eigenvalue weighted by Crippen LogP contribution is 2.22. The number of sulfonamides is 1. The molecule has 3 N–H and O–H groups in total. The molecule has 0 saturated carbocycles. The molecule has 0 aromatic heterocycles. The molecule has 0 spiro atoms. The summed E-state index contributed by atoms with van der Waals surface area (Å²) in [6.45, 7) is 0. The molecule has 148 valence electrons. The topological polar surface area (TPSA) is 110 Å². The Labute approximate surface area is 168 Å². The van der Waals surface area contributed by atoms with E-state index < -0.39 is 21.8 Å². The number of primary amides is 1. The van der Waals surface area contributed by atoms with E-state index in [1.165, 1.54) is 41.7 Å². The summed E-state index contributed by atoms with van der Waals surface area (Å²) in [5.74, 6) is -1.04. The summed E-state index contributed by atoms with van der Waals surface area (Å²) in [4.78, 5) is 23.7. The van der Waals surface area contributed by atoms with E-state index in [2.05, 4.69) is 5.32 Å². The molecule has 29 heavy (non-hydrogen) atoms. The van der Waals surface area contributed by atoms with E-state index in [0.29, 0.717) is 11.4 Å². The maximum atomic E-state index is 12.8. The van der Waals surface area contributed by atoms with Crippen LogP contribution < -0.4 is 15.4 Å². The third-order valence-electron chi connectivity index (χ3n) is 4.30. The maximum absolute atomic E-state index is 12.8. The minimum Gasteiger partial charge on any atom is -0.366 e. The van der Waals surface area contributed by atoms with Gasteiger partial charge in [-0.2, -0.15) is 0 Å². The first-order valence-corrected chi connectivity index (χ1v) is 10.1. The Morgan fingerprint density at radius 3 is 2.14 bits per heavy atom. The molecule has 8 heteroatoms. The second-order valence-corrected chi connectivity index (χ2v) is 8.20. The Morgan fingerprint density at radius 2 is 1.52 bits per heavy atom. The van der Waals surface area contributed by atoms with E-state index in [0.717, 1.165) is 0 Å². The summed E-state index contributed by atoms with van der Waals surface area (Å²) in [5, 5.41) is 2.65. The molecule has 3 aromatic rings. The Kier molecular flexibility index (Phi) is 5.65. The van der Waals surface area contributed by atoms with Gasteiger partial charge in [0.1, 0.15) is 0 Å². The van der Waals surface area contributed by atoms with Gasteiger partial charge in [0, 0.05) is 23.9 Å². The molecule has 0 saturated heterocycles. The molecule has 0 radical (unpaired) electrons. The van der Waals surface area contributed by atoms with Gasteiger partial charge in [-0.15, -0.1) is 0 Å². The molecule has 0 atom stereocenters. The molecule has 3 aromatic carbocycles. The van der Waals surface area contributed by atoms with Crippen molar-refractivity contribution in [3.05, 3.63) is 90.0 Å². The molecule has 0 aliphatic carbocycles. The second kappa shape index (κ2) is 8.15. The van der Waals surface area contributed by atoms with Gasteiger partial charge in [0.15, 0.2) is 0 Å². The monoisotopic (exact) mass is 409 g/mol. The van der Waals surface area contributed by atoms with Gasteiger partial charge in [-0.1, -0.05) is 24.3 Å². The molecule has 7 nitrogen and oxygen atoms in total. The SMILES string of the molecule is CN(c1ccccc1)S(=O)(=O)c1ccc(C(=O)Nc2cccc(C(N)=O)c2)cc1. The van der Waals surface area contributed by atoms with Crippen LogP contribution in [-0.2, 0) is 10.0 Å². The van der Waals surface area contributed by atoms with Gasteiger partial charge in [0.25, 0.3) is 15.9 Å². The number of para-hydroxylation sites is 1. The number of nitrogens with one attached hydrogen (secondary N) is 1. The molecule has 0 bridgehead atoms. The highest BCUT2D eigenvalue weighted by Gasteiger charge is 2.21. The molecular weight excluding hydrogens is 390 g/mol. The van der Waals surface area contributed by atoms with E-state index in [4.69, 9.17) is 5.73 Å². The van der Waals surface area contributed by atoms with Crippen molar-refractivity contribution in [2.75, 3.05) is 16.7 Å². The predicted octanol–water partition coefficient (Wildman–Crippen LogP) is 2.86. The Balaban J connectivity index is 1.78. The standard InChI is InChI=1S/C21H19N3O4S/c1-24(18-8-3-2-4-9-18)29(27,28)19-12-10-15(11-13-19)21(26)23-17-7-5-6-16(14-17)20(22)25/h2-14H,1H3,(H2,22,25)(H,23,26). The Bertz CT molecular complexity index is 1140. The zero-order valence-corrected chi connectivity index (χ0v) is 16.4. The van der Waals surface area contributed by atoms with Crippen molar-refractivity contribution in [1.29, 1.82) is 0 Å². The number of benzene rings is 3. The quantitative estimate of drug-likeness (QED) is 0.652. The van der Waals surface area contributed by atoms with E-state index in [1.807, 2.05) is 0 Å². The summed E-state index contributed by atoms with van der Waals surface area (Å²) in [6.07, 6.45) is 0. The van der Waals surface area contributed by atoms with Gasteiger partial charge in [-0.25, -0.2) is 8.42 Å². The molecule has 2 amide bonds. The fraction of sp³-hybridized carbons (Fsp3) is 0.0476. The van der Waals surface area contributed by atoms with Crippen molar-refractivity contribution in [2.45, 2.75) is 4.90 Å². The molecule has 0 unspecified atom stereocenters.